The number of ether oxygens (including phenoxy) is 3. The number of carbonyl (C=O) groups excluding carboxylic acids is 2. The van der Waals surface area contributed by atoms with E-state index < -0.39 is 12.1 Å². The summed E-state index contributed by atoms with van der Waals surface area (Å²) in [6.07, 6.45) is 1.25. The fourth-order valence-corrected chi connectivity index (χ4v) is 2.00. The summed E-state index contributed by atoms with van der Waals surface area (Å²) in [6.45, 7) is 1.11. The van der Waals surface area contributed by atoms with Gasteiger partial charge in [0.05, 0.1) is 19.8 Å². The van der Waals surface area contributed by atoms with Crippen LogP contribution < -0.4 is 10.1 Å². The largest absolute Gasteiger partial charge is 0.425 e. The molecule has 1 unspecified atom stereocenters. The van der Waals surface area contributed by atoms with E-state index in [2.05, 4.69) is 5.32 Å². The zero-order valence-electron chi connectivity index (χ0n) is 11.5. The normalized spacial score (nSPS) is 21.6. The summed E-state index contributed by atoms with van der Waals surface area (Å²) >= 11 is 0. The number of hydrogen-bond donors (Lipinski definition) is 1. The van der Waals surface area contributed by atoms with Crippen molar-refractivity contribution in [2.75, 3.05) is 25.1 Å². The van der Waals surface area contributed by atoms with E-state index >= 15 is 0 Å². The van der Waals surface area contributed by atoms with E-state index in [1.54, 1.807) is 24.3 Å². The Labute approximate surface area is 122 Å². The number of anilines is 1. The quantitative estimate of drug-likeness (QED) is 0.669. The first-order chi connectivity index (χ1) is 10.2. The molecular formula is C15H17NO5. The van der Waals surface area contributed by atoms with Crippen LogP contribution in [0, 0.1) is 5.92 Å². The summed E-state index contributed by atoms with van der Waals surface area (Å²) in [4.78, 5) is 23.4. The molecule has 3 rings (SSSR count). The molecule has 6 nitrogen and oxygen atoms in total. The van der Waals surface area contributed by atoms with Gasteiger partial charge in [-0.1, -0.05) is 0 Å². The van der Waals surface area contributed by atoms with Gasteiger partial charge in [0, 0.05) is 11.6 Å². The van der Waals surface area contributed by atoms with Crippen molar-refractivity contribution >= 4 is 17.6 Å². The Balaban J connectivity index is 1.53. The van der Waals surface area contributed by atoms with Gasteiger partial charge in [-0.15, -0.1) is 0 Å². The van der Waals surface area contributed by atoms with Gasteiger partial charge in [0.2, 0.25) is 5.91 Å². The van der Waals surface area contributed by atoms with Crippen LogP contribution in [0.4, 0.5) is 5.69 Å². The Morgan fingerprint density at radius 2 is 1.90 bits per heavy atom. The molecule has 112 valence electrons. The predicted octanol–water partition coefficient (Wildman–Crippen LogP) is 1.36. The van der Waals surface area contributed by atoms with Gasteiger partial charge in [0.25, 0.3) is 0 Å². The van der Waals surface area contributed by atoms with Crippen molar-refractivity contribution in [3.05, 3.63) is 24.3 Å². The van der Waals surface area contributed by atoms with Crippen molar-refractivity contribution in [2.24, 2.45) is 5.92 Å². The maximum atomic E-state index is 11.8. The topological polar surface area (TPSA) is 73.9 Å². The van der Waals surface area contributed by atoms with Gasteiger partial charge in [-0.05, 0) is 37.1 Å². The zero-order chi connectivity index (χ0) is 14.7. The zero-order valence-corrected chi connectivity index (χ0v) is 11.5. The van der Waals surface area contributed by atoms with Crippen molar-refractivity contribution in [3.8, 4) is 5.75 Å². The molecule has 2 fully saturated rings. The number of nitrogens with one attached hydrogen (secondary N) is 1. The molecule has 0 radical (unpaired) electrons. The minimum atomic E-state index is -0.673. The molecule has 1 saturated heterocycles. The number of carbonyl (C=O) groups is 2. The van der Waals surface area contributed by atoms with E-state index in [0.717, 1.165) is 12.8 Å². The minimum absolute atomic E-state index is 0.0486. The van der Waals surface area contributed by atoms with Gasteiger partial charge in [0.1, 0.15) is 5.75 Å². The van der Waals surface area contributed by atoms with Crippen LogP contribution in [0.3, 0.4) is 0 Å². The van der Waals surface area contributed by atoms with Crippen LogP contribution in [-0.4, -0.2) is 37.8 Å². The molecule has 6 heteroatoms. The molecule has 1 aliphatic heterocycles. The Morgan fingerprint density at radius 3 is 2.52 bits per heavy atom. The van der Waals surface area contributed by atoms with Crippen molar-refractivity contribution in [1.82, 2.24) is 0 Å². The second-order valence-electron chi connectivity index (χ2n) is 5.14. The molecule has 1 saturated carbocycles. The lowest BCUT2D eigenvalue weighted by atomic mass is 10.3. The summed E-state index contributed by atoms with van der Waals surface area (Å²) in [6, 6.07) is 6.70. The molecule has 1 heterocycles. The van der Waals surface area contributed by atoms with Crippen LogP contribution in [0.1, 0.15) is 12.8 Å². The van der Waals surface area contributed by atoms with Crippen LogP contribution in [0.25, 0.3) is 0 Å². The van der Waals surface area contributed by atoms with Gasteiger partial charge in [0.15, 0.2) is 6.10 Å². The third-order valence-corrected chi connectivity index (χ3v) is 3.37. The fraction of sp³-hybridized carbons (Fsp3) is 0.467. The lowest BCUT2D eigenvalue weighted by Crippen LogP contribution is -2.38. The maximum absolute atomic E-state index is 11.8. The highest BCUT2D eigenvalue weighted by atomic mass is 16.6. The predicted molar refractivity (Wildman–Crippen MR) is 74.0 cm³/mol. The van der Waals surface area contributed by atoms with Crippen LogP contribution in [0.15, 0.2) is 24.3 Å². The van der Waals surface area contributed by atoms with Gasteiger partial charge in [-0.25, -0.2) is 4.79 Å². The molecule has 1 amide bonds. The van der Waals surface area contributed by atoms with Gasteiger partial charge in [-0.3, -0.25) is 4.79 Å². The molecular weight excluding hydrogens is 274 g/mol. The molecule has 1 aliphatic carbocycles. The summed E-state index contributed by atoms with van der Waals surface area (Å²) < 4.78 is 15.6. The number of amides is 1. The SMILES string of the molecule is O=C(Nc1ccc(OC(=O)C2COCCO2)cc1)C1CC1. The highest BCUT2D eigenvalue weighted by Gasteiger charge is 2.29. The Hall–Kier alpha value is -1.92. The lowest BCUT2D eigenvalue weighted by Gasteiger charge is -2.21. The summed E-state index contributed by atoms with van der Waals surface area (Å²) in [5.41, 5.74) is 0.698. The van der Waals surface area contributed by atoms with E-state index in [-0.39, 0.29) is 18.4 Å². The first-order valence-corrected chi connectivity index (χ1v) is 7.04. The molecule has 0 bridgehead atoms. The number of hydrogen-bond acceptors (Lipinski definition) is 5. The summed E-state index contributed by atoms with van der Waals surface area (Å²) in [7, 11) is 0. The molecule has 1 atom stereocenters. The molecule has 1 N–H and O–H groups in total. The summed E-state index contributed by atoms with van der Waals surface area (Å²) in [5, 5.41) is 2.82. The lowest BCUT2D eigenvalue weighted by molar-refractivity contribution is -0.161. The average molecular weight is 291 g/mol. The van der Waals surface area contributed by atoms with E-state index in [9.17, 15) is 9.59 Å². The third kappa shape index (κ3) is 3.80. The highest BCUT2D eigenvalue weighted by Crippen LogP contribution is 2.30. The Bertz CT molecular complexity index is 517. The van der Waals surface area contributed by atoms with Crippen molar-refractivity contribution in [1.29, 1.82) is 0 Å². The second kappa shape index (κ2) is 6.24. The number of esters is 1. The van der Waals surface area contributed by atoms with Crippen LogP contribution in [-0.2, 0) is 19.1 Å². The van der Waals surface area contributed by atoms with Crippen molar-refractivity contribution in [2.45, 2.75) is 18.9 Å². The molecule has 2 aliphatic rings. The molecule has 0 aromatic heterocycles. The number of benzene rings is 1. The van der Waals surface area contributed by atoms with Gasteiger partial charge < -0.3 is 19.5 Å². The molecule has 1 aromatic rings. The second-order valence-corrected chi connectivity index (χ2v) is 5.14. The van der Waals surface area contributed by atoms with Crippen molar-refractivity contribution in [3.63, 3.8) is 0 Å². The first kappa shape index (κ1) is 14.0. The average Bonchev–Trinajstić information content (AvgIpc) is 3.35. The van der Waals surface area contributed by atoms with E-state index in [1.807, 2.05) is 0 Å². The standard InChI is InChI=1S/C15H17NO5/c17-14(10-1-2-10)16-11-3-5-12(6-4-11)21-15(18)13-9-19-7-8-20-13/h3-6,10,13H,1-2,7-9H2,(H,16,17). The van der Waals surface area contributed by atoms with E-state index in [1.165, 1.54) is 0 Å². The molecule has 21 heavy (non-hydrogen) atoms. The van der Waals surface area contributed by atoms with Crippen LogP contribution in [0.2, 0.25) is 0 Å². The monoisotopic (exact) mass is 291 g/mol. The first-order valence-electron chi connectivity index (χ1n) is 7.04. The Morgan fingerprint density at radius 1 is 1.14 bits per heavy atom. The smallest absolute Gasteiger partial charge is 0.343 e. The molecule has 1 aromatic carbocycles. The number of rotatable bonds is 4. The van der Waals surface area contributed by atoms with Crippen LogP contribution >= 0.6 is 0 Å². The van der Waals surface area contributed by atoms with E-state index in [4.69, 9.17) is 14.2 Å². The maximum Gasteiger partial charge on any atom is 0.343 e. The Kier molecular flexibility index (Phi) is 4.17. The minimum Gasteiger partial charge on any atom is -0.425 e. The summed E-state index contributed by atoms with van der Waals surface area (Å²) in [5.74, 6) is 0.154. The van der Waals surface area contributed by atoms with E-state index in [0.29, 0.717) is 24.7 Å². The van der Waals surface area contributed by atoms with Gasteiger partial charge in [-0.2, -0.15) is 0 Å². The highest BCUT2D eigenvalue weighted by molar-refractivity contribution is 5.94. The fourth-order valence-electron chi connectivity index (χ4n) is 2.00. The van der Waals surface area contributed by atoms with Crippen molar-refractivity contribution < 1.29 is 23.8 Å². The molecule has 0 spiro atoms. The third-order valence-electron chi connectivity index (χ3n) is 3.37. The van der Waals surface area contributed by atoms with Gasteiger partial charge >= 0.3 is 5.97 Å². The van der Waals surface area contributed by atoms with Crippen LogP contribution in [0.5, 0.6) is 5.75 Å².